The summed E-state index contributed by atoms with van der Waals surface area (Å²) in [6, 6.07) is 15.7. The first-order valence-electron chi connectivity index (χ1n) is 8.99. The Bertz CT molecular complexity index is 1330. The Morgan fingerprint density at radius 3 is 2.55 bits per heavy atom. The largest absolute Gasteiger partial charge is 0.441 e. The highest BCUT2D eigenvalue weighted by atomic mass is 35.5. The molecule has 146 valence electrons. The second kappa shape index (κ2) is 7.18. The van der Waals surface area contributed by atoms with Gasteiger partial charge in [-0.2, -0.15) is 5.10 Å². The highest BCUT2D eigenvalue weighted by Gasteiger charge is 2.16. The van der Waals surface area contributed by atoms with Crippen LogP contribution in [0.3, 0.4) is 0 Å². The molecule has 0 aliphatic rings. The van der Waals surface area contributed by atoms with Crippen LogP contribution in [0.4, 0.5) is 11.5 Å². The molecule has 0 radical (unpaired) electrons. The van der Waals surface area contributed by atoms with E-state index in [1.165, 1.54) is 0 Å². The number of nitrogens with zero attached hydrogens (tertiary/aromatic N) is 5. The van der Waals surface area contributed by atoms with Gasteiger partial charge in [-0.15, -0.1) is 12.4 Å². The van der Waals surface area contributed by atoms with Gasteiger partial charge in [0, 0.05) is 25.2 Å². The summed E-state index contributed by atoms with van der Waals surface area (Å²) in [4.78, 5) is 14.0. The molecule has 0 aliphatic heterocycles. The van der Waals surface area contributed by atoms with Crippen molar-refractivity contribution in [3.63, 3.8) is 0 Å². The summed E-state index contributed by atoms with van der Waals surface area (Å²) >= 11 is 0. The predicted octanol–water partition coefficient (Wildman–Crippen LogP) is 4.95. The number of fused-ring (bicyclic) bond motifs is 2. The first kappa shape index (κ1) is 18.9. The lowest BCUT2D eigenvalue weighted by Gasteiger charge is -2.10. The first-order valence-corrected chi connectivity index (χ1v) is 8.99. The number of nitrogens with one attached hydrogen (secondary N) is 1. The number of oxazole rings is 1. The third-order valence-electron chi connectivity index (χ3n) is 4.64. The van der Waals surface area contributed by atoms with Crippen molar-refractivity contribution in [2.45, 2.75) is 13.8 Å². The molecule has 2 aromatic carbocycles. The van der Waals surface area contributed by atoms with E-state index in [9.17, 15) is 0 Å². The van der Waals surface area contributed by atoms with Crippen LogP contribution in [0.15, 0.2) is 52.9 Å². The fraction of sp³-hybridized carbons (Fsp3) is 0.143. The lowest BCUT2D eigenvalue weighted by molar-refractivity contribution is 0.561. The van der Waals surface area contributed by atoms with E-state index >= 15 is 0 Å². The predicted molar refractivity (Wildman–Crippen MR) is 116 cm³/mol. The molecule has 1 N–H and O–H groups in total. The van der Waals surface area contributed by atoms with Crippen molar-refractivity contribution < 1.29 is 4.42 Å². The van der Waals surface area contributed by atoms with Crippen LogP contribution in [0.2, 0.25) is 0 Å². The maximum Gasteiger partial charge on any atom is 0.192 e. The molecule has 5 rings (SSSR count). The van der Waals surface area contributed by atoms with E-state index in [2.05, 4.69) is 15.4 Å². The normalized spacial score (nSPS) is 11.0. The van der Waals surface area contributed by atoms with Crippen LogP contribution in [0, 0.1) is 13.8 Å². The van der Waals surface area contributed by atoms with Gasteiger partial charge in [0.2, 0.25) is 0 Å². The molecule has 0 fully saturated rings. The lowest BCUT2D eigenvalue weighted by atomic mass is 10.2. The topological polar surface area (TPSA) is 81.7 Å². The summed E-state index contributed by atoms with van der Waals surface area (Å²) in [6.45, 7) is 3.80. The van der Waals surface area contributed by atoms with Gasteiger partial charge in [0.15, 0.2) is 23.1 Å². The summed E-state index contributed by atoms with van der Waals surface area (Å²) in [5.74, 6) is 2.00. The number of aryl methyl sites for hydroxylation is 3. The molecule has 0 saturated carbocycles. The highest BCUT2D eigenvalue weighted by Crippen LogP contribution is 2.29. The Labute approximate surface area is 173 Å². The molecular formula is C21H19ClN6O. The highest BCUT2D eigenvalue weighted by molar-refractivity contribution is 5.91. The summed E-state index contributed by atoms with van der Waals surface area (Å²) in [5, 5.41) is 7.95. The van der Waals surface area contributed by atoms with E-state index in [0.29, 0.717) is 17.5 Å². The summed E-state index contributed by atoms with van der Waals surface area (Å²) < 4.78 is 7.37. The molecule has 0 unspecified atom stereocenters. The molecule has 0 saturated heterocycles. The number of benzene rings is 2. The average Bonchev–Trinajstić information content (AvgIpc) is 3.20. The Hall–Kier alpha value is -3.45. The molecule has 0 amide bonds. The zero-order valence-corrected chi connectivity index (χ0v) is 17.0. The second-order valence-electron chi connectivity index (χ2n) is 6.71. The van der Waals surface area contributed by atoms with Gasteiger partial charge in [-0.25, -0.2) is 15.0 Å². The summed E-state index contributed by atoms with van der Waals surface area (Å²) in [7, 11) is 1.90. The van der Waals surface area contributed by atoms with Crippen LogP contribution in [0.5, 0.6) is 0 Å². The molecule has 0 aliphatic carbocycles. The lowest BCUT2D eigenvalue weighted by Crippen LogP contribution is -2.02. The molecule has 5 aromatic rings. The van der Waals surface area contributed by atoms with Gasteiger partial charge < -0.3 is 9.73 Å². The van der Waals surface area contributed by atoms with Crippen molar-refractivity contribution in [1.82, 2.24) is 24.7 Å². The van der Waals surface area contributed by atoms with Crippen molar-refractivity contribution in [3.05, 3.63) is 60.1 Å². The van der Waals surface area contributed by atoms with Crippen molar-refractivity contribution in [3.8, 4) is 11.4 Å². The molecule has 3 aromatic heterocycles. The third-order valence-corrected chi connectivity index (χ3v) is 4.64. The minimum Gasteiger partial charge on any atom is -0.441 e. The van der Waals surface area contributed by atoms with Crippen molar-refractivity contribution in [2.24, 2.45) is 7.05 Å². The molecule has 7 nitrogen and oxygen atoms in total. The number of anilines is 2. The Morgan fingerprint density at radius 2 is 1.76 bits per heavy atom. The fourth-order valence-electron chi connectivity index (χ4n) is 3.40. The molecule has 0 bridgehead atoms. The zero-order chi connectivity index (χ0) is 19.3. The van der Waals surface area contributed by atoms with E-state index in [0.717, 1.165) is 39.1 Å². The van der Waals surface area contributed by atoms with Crippen LogP contribution in [0.1, 0.15) is 11.6 Å². The van der Waals surface area contributed by atoms with E-state index in [1.54, 1.807) is 4.68 Å². The van der Waals surface area contributed by atoms with Crippen LogP contribution in [-0.4, -0.2) is 24.7 Å². The summed E-state index contributed by atoms with van der Waals surface area (Å²) in [6.07, 6.45) is 0. The standard InChI is InChI=1S/C21H18N6O.ClH/c1-12-18-19(27(3)26-12)21(25-20(24-18)14-7-5-4-6-8-14)23-15-9-10-17-16(11-15)22-13(2)28-17;/h4-11H,1-3H3,(H,23,24,25);1H. The number of hydrogen-bond donors (Lipinski definition) is 1. The smallest absolute Gasteiger partial charge is 0.192 e. The van der Waals surface area contributed by atoms with E-state index in [4.69, 9.17) is 14.4 Å². The maximum absolute atomic E-state index is 5.56. The quantitative estimate of drug-likeness (QED) is 0.456. The molecule has 0 atom stereocenters. The monoisotopic (exact) mass is 406 g/mol. The van der Waals surface area contributed by atoms with Crippen LogP contribution >= 0.6 is 12.4 Å². The van der Waals surface area contributed by atoms with Gasteiger partial charge >= 0.3 is 0 Å². The molecule has 8 heteroatoms. The van der Waals surface area contributed by atoms with Gasteiger partial charge in [-0.1, -0.05) is 30.3 Å². The second-order valence-corrected chi connectivity index (χ2v) is 6.71. The summed E-state index contributed by atoms with van der Waals surface area (Å²) in [5.41, 5.74) is 5.94. The van der Waals surface area contributed by atoms with Crippen molar-refractivity contribution in [1.29, 1.82) is 0 Å². The minimum absolute atomic E-state index is 0. The number of aromatic nitrogens is 5. The zero-order valence-electron chi connectivity index (χ0n) is 16.2. The van der Waals surface area contributed by atoms with Crippen LogP contribution < -0.4 is 5.32 Å². The van der Waals surface area contributed by atoms with Gasteiger partial charge in [-0.05, 0) is 25.1 Å². The minimum atomic E-state index is 0. The van der Waals surface area contributed by atoms with E-state index in [1.807, 2.05) is 69.4 Å². The molecule has 3 heterocycles. The van der Waals surface area contributed by atoms with Gasteiger partial charge in [-0.3, -0.25) is 4.68 Å². The molecule has 0 spiro atoms. The van der Waals surface area contributed by atoms with Crippen LogP contribution in [0.25, 0.3) is 33.5 Å². The fourth-order valence-corrected chi connectivity index (χ4v) is 3.40. The van der Waals surface area contributed by atoms with Crippen LogP contribution in [-0.2, 0) is 7.05 Å². The Kier molecular flexibility index (Phi) is 4.68. The van der Waals surface area contributed by atoms with E-state index < -0.39 is 0 Å². The Balaban J connectivity index is 0.00000205. The average molecular weight is 407 g/mol. The first-order chi connectivity index (χ1) is 13.6. The van der Waals surface area contributed by atoms with Crippen molar-refractivity contribution in [2.75, 3.05) is 5.32 Å². The van der Waals surface area contributed by atoms with Gasteiger partial charge in [0.1, 0.15) is 16.6 Å². The Morgan fingerprint density at radius 1 is 0.966 bits per heavy atom. The maximum atomic E-state index is 5.56. The van der Waals surface area contributed by atoms with Gasteiger partial charge in [0.05, 0.1) is 5.69 Å². The third kappa shape index (κ3) is 3.30. The molecular weight excluding hydrogens is 388 g/mol. The number of hydrogen-bond acceptors (Lipinski definition) is 6. The van der Waals surface area contributed by atoms with Gasteiger partial charge in [0.25, 0.3) is 0 Å². The number of rotatable bonds is 3. The van der Waals surface area contributed by atoms with Crippen molar-refractivity contribution >= 4 is 46.0 Å². The number of halogens is 1. The molecule has 29 heavy (non-hydrogen) atoms. The SMILES string of the molecule is Cc1nc2cc(Nc3nc(-c4ccccc4)nc4c(C)nn(C)c34)ccc2o1.Cl. The van der Waals surface area contributed by atoms with E-state index in [-0.39, 0.29) is 12.4 Å².